The molecule has 4 rings (SSSR count). The van der Waals surface area contributed by atoms with Crippen molar-refractivity contribution in [2.75, 3.05) is 4.90 Å². The lowest BCUT2D eigenvalue weighted by molar-refractivity contribution is 0.0999. The minimum Gasteiger partial charge on any atom is -0.275 e. The Morgan fingerprint density at radius 3 is 2.31 bits per heavy atom. The molecule has 1 amide bonds. The van der Waals surface area contributed by atoms with Crippen molar-refractivity contribution in [1.82, 2.24) is 4.98 Å². The highest BCUT2D eigenvalue weighted by Crippen LogP contribution is 2.32. The van der Waals surface area contributed by atoms with E-state index in [1.54, 1.807) is 11.1 Å². The fraction of sp³-hybridized carbons (Fsp3) is 0. The van der Waals surface area contributed by atoms with Crippen molar-refractivity contribution in [1.29, 1.82) is 0 Å². The largest absolute Gasteiger partial charge is 0.275 e. The number of amides is 1. The Hall–Kier alpha value is -3.53. The second-order valence-corrected chi connectivity index (χ2v) is 5.84. The molecule has 4 aromatic rings. The van der Waals surface area contributed by atoms with Crippen LogP contribution in [0.1, 0.15) is 10.4 Å². The Bertz CT molecular complexity index is 1060. The standard InChI is InChI=1S/C22H15FN2O/c23-18-13-11-17(12-14-18)22(26)25(19-8-2-1-3-9-19)20-10-4-6-16-7-5-15-24-21(16)20/h1-15H. The first-order valence-electron chi connectivity index (χ1n) is 8.23. The molecule has 0 aliphatic rings. The number of para-hydroxylation sites is 2. The number of hydrogen-bond donors (Lipinski definition) is 0. The van der Waals surface area contributed by atoms with Crippen LogP contribution in [0.2, 0.25) is 0 Å². The summed E-state index contributed by atoms with van der Waals surface area (Å²) in [4.78, 5) is 19.4. The van der Waals surface area contributed by atoms with Gasteiger partial charge < -0.3 is 0 Å². The van der Waals surface area contributed by atoms with E-state index in [1.807, 2.05) is 60.7 Å². The highest BCUT2D eigenvalue weighted by atomic mass is 19.1. The number of benzene rings is 3. The van der Waals surface area contributed by atoms with Gasteiger partial charge in [-0.2, -0.15) is 0 Å². The average Bonchev–Trinajstić information content (AvgIpc) is 2.70. The van der Waals surface area contributed by atoms with Crippen LogP contribution in [0, 0.1) is 5.82 Å². The van der Waals surface area contributed by atoms with Crippen molar-refractivity contribution >= 4 is 28.2 Å². The molecule has 0 N–H and O–H groups in total. The van der Waals surface area contributed by atoms with Crippen LogP contribution < -0.4 is 4.90 Å². The lowest BCUT2D eigenvalue weighted by Gasteiger charge is -2.24. The number of rotatable bonds is 3. The van der Waals surface area contributed by atoms with E-state index in [9.17, 15) is 9.18 Å². The number of anilines is 2. The normalized spacial score (nSPS) is 10.7. The molecule has 0 spiro atoms. The SMILES string of the molecule is O=C(c1ccc(F)cc1)N(c1ccccc1)c1cccc2cccnc12. The van der Waals surface area contributed by atoms with E-state index >= 15 is 0 Å². The zero-order valence-corrected chi connectivity index (χ0v) is 13.8. The van der Waals surface area contributed by atoms with Gasteiger partial charge in [-0.3, -0.25) is 14.7 Å². The Balaban J connectivity index is 1.91. The first-order valence-corrected chi connectivity index (χ1v) is 8.23. The number of fused-ring (bicyclic) bond motifs is 1. The minimum atomic E-state index is -0.375. The molecule has 0 unspecified atom stereocenters. The summed E-state index contributed by atoms with van der Waals surface area (Å²) in [5, 5.41) is 0.942. The molecule has 0 fully saturated rings. The van der Waals surface area contributed by atoms with Gasteiger partial charge in [-0.15, -0.1) is 0 Å². The first kappa shape index (κ1) is 16.0. The van der Waals surface area contributed by atoms with Crippen LogP contribution in [-0.4, -0.2) is 10.9 Å². The molecule has 0 aliphatic carbocycles. The maximum absolute atomic E-state index is 13.3. The number of pyridine rings is 1. The van der Waals surface area contributed by atoms with Crippen molar-refractivity contribution in [2.24, 2.45) is 0 Å². The molecule has 126 valence electrons. The molecule has 0 saturated heterocycles. The van der Waals surface area contributed by atoms with E-state index in [4.69, 9.17) is 0 Å². The summed E-state index contributed by atoms with van der Waals surface area (Å²) in [6.45, 7) is 0. The quantitative estimate of drug-likeness (QED) is 0.503. The van der Waals surface area contributed by atoms with Crippen molar-refractivity contribution < 1.29 is 9.18 Å². The predicted octanol–water partition coefficient (Wildman–Crippen LogP) is 5.35. The van der Waals surface area contributed by atoms with Crippen LogP contribution in [0.4, 0.5) is 15.8 Å². The summed E-state index contributed by atoms with van der Waals surface area (Å²) >= 11 is 0. The van der Waals surface area contributed by atoms with Gasteiger partial charge in [0.2, 0.25) is 0 Å². The maximum atomic E-state index is 13.3. The van der Waals surface area contributed by atoms with Crippen LogP contribution in [0.25, 0.3) is 10.9 Å². The molecule has 3 aromatic carbocycles. The lowest BCUT2D eigenvalue weighted by Crippen LogP contribution is -2.26. The minimum absolute atomic E-state index is 0.241. The highest BCUT2D eigenvalue weighted by molar-refractivity contribution is 6.14. The van der Waals surface area contributed by atoms with Gasteiger partial charge in [0, 0.05) is 22.8 Å². The van der Waals surface area contributed by atoms with Gasteiger partial charge >= 0.3 is 0 Å². The maximum Gasteiger partial charge on any atom is 0.262 e. The molecule has 0 aliphatic heterocycles. The highest BCUT2D eigenvalue weighted by Gasteiger charge is 2.22. The number of hydrogen-bond acceptors (Lipinski definition) is 2. The van der Waals surface area contributed by atoms with Crippen LogP contribution in [0.5, 0.6) is 0 Å². The summed E-state index contributed by atoms with van der Waals surface area (Å²) in [6, 6.07) is 24.5. The van der Waals surface area contributed by atoms with Crippen molar-refractivity contribution in [2.45, 2.75) is 0 Å². The van der Waals surface area contributed by atoms with Gasteiger partial charge in [0.15, 0.2) is 0 Å². The third kappa shape index (κ3) is 2.93. The molecule has 1 aromatic heterocycles. The van der Waals surface area contributed by atoms with E-state index in [-0.39, 0.29) is 11.7 Å². The number of aromatic nitrogens is 1. The van der Waals surface area contributed by atoms with Crippen LogP contribution >= 0.6 is 0 Å². The Kier molecular flexibility index (Phi) is 4.15. The molecule has 0 bridgehead atoms. The van der Waals surface area contributed by atoms with Crippen molar-refractivity contribution in [3.05, 3.63) is 103 Å². The summed E-state index contributed by atoms with van der Waals surface area (Å²) in [5.41, 5.74) is 2.54. The fourth-order valence-electron chi connectivity index (χ4n) is 2.93. The lowest BCUT2D eigenvalue weighted by atomic mass is 10.1. The van der Waals surface area contributed by atoms with Crippen LogP contribution in [0.3, 0.4) is 0 Å². The average molecular weight is 342 g/mol. The summed E-state index contributed by atoms with van der Waals surface area (Å²) in [6.07, 6.45) is 1.71. The Morgan fingerprint density at radius 2 is 1.54 bits per heavy atom. The van der Waals surface area contributed by atoms with Gasteiger partial charge in [0.1, 0.15) is 5.82 Å². The smallest absolute Gasteiger partial charge is 0.262 e. The molecule has 0 atom stereocenters. The Morgan fingerprint density at radius 1 is 0.808 bits per heavy atom. The molecule has 0 radical (unpaired) electrons. The Labute approximate surface area is 150 Å². The molecule has 0 saturated carbocycles. The number of halogens is 1. The summed E-state index contributed by atoms with van der Waals surface area (Å²) < 4.78 is 13.3. The van der Waals surface area contributed by atoms with Gasteiger partial charge in [0.25, 0.3) is 5.91 Å². The van der Waals surface area contributed by atoms with Crippen LogP contribution in [-0.2, 0) is 0 Å². The number of carbonyl (C=O) groups is 1. The van der Waals surface area contributed by atoms with Crippen molar-refractivity contribution in [3.8, 4) is 0 Å². The molecular weight excluding hydrogens is 327 g/mol. The topological polar surface area (TPSA) is 33.2 Å². The van der Waals surface area contributed by atoms with Crippen LogP contribution in [0.15, 0.2) is 91.1 Å². The van der Waals surface area contributed by atoms with Gasteiger partial charge in [0.05, 0.1) is 11.2 Å². The molecule has 1 heterocycles. The van der Waals surface area contributed by atoms with E-state index in [0.717, 1.165) is 16.6 Å². The van der Waals surface area contributed by atoms with E-state index in [2.05, 4.69) is 4.98 Å². The fourth-order valence-corrected chi connectivity index (χ4v) is 2.93. The zero-order chi connectivity index (χ0) is 17.9. The third-order valence-corrected chi connectivity index (χ3v) is 4.16. The second kappa shape index (κ2) is 6.76. The van der Waals surface area contributed by atoms with E-state index in [1.165, 1.54) is 24.3 Å². The summed E-state index contributed by atoms with van der Waals surface area (Å²) in [7, 11) is 0. The van der Waals surface area contributed by atoms with Gasteiger partial charge in [-0.1, -0.05) is 36.4 Å². The number of carbonyl (C=O) groups excluding carboxylic acids is 1. The molecule has 4 heteroatoms. The van der Waals surface area contributed by atoms with E-state index in [0.29, 0.717) is 11.3 Å². The molecule has 3 nitrogen and oxygen atoms in total. The van der Waals surface area contributed by atoms with Crippen molar-refractivity contribution in [3.63, 3.8) is 0 Å². The van der Waals surface area contributed by atoms with E-state index < -0.39 is 0 Å². The van der Waals surface area contributed by atoms with Gasteiger partial charge in [-0.25, -0.2) is 4.39 Å². The second-order valence-electron chi connectivity index (χ2n) is 5.84. The zero-order valence-electron chi connectivity index (χ0n) is 13.8. The summed E-state index contributed by atoms with van der Waals surface area (Å²) in [5.74, 6) is -0.617. The predicted molar refractivity (Wildman–Crippen MR) is 101 cm³/mol. The number of nitrogens with zero attached hydrogens (tertiary/aromatic N) is 2. The molecular formula is C22H15FN2O. The molecule has 26 heavy (non-hydrogen) atoms. The monoisotopic (exact) mass is 342 g/mol. The third-order valence-electron chi connectivity index (χ3n) is 4.16. The first-order chi connectivity index (χ1) is 12.7. The van der Waals surface area contributed by atoms with Gasteiger partial charge in [-0.05, 0) is 48.5 Å².